The highest BCUT2D eigenvalue weighted by Gasteiger charge is 2.29. The zero-order chi connectivity index (χ0) is 9.42. The van der Waals surface area contributed by atoms with Gasteiger partial charge in [0.25, 0.3) is 0 Å². The van der Waals surface area contributed by atoms with Crippen LogP contribution in [0.25, 0.3) is 0 Å². The van der Waals surface area contributed by atoms with E-state index in [-0.39, 0.29) is 11.8 Å². The number of nitrogens with two attached hydrogens (primary N) is 1. The molecule has 13 heavy (non-hydrogen) atoms. The zero-order valence-electron chi connectivity index (χ0n) is 7.20. The van der Waals surface area contributed by atoms with Crippen LogP contribution in [0.2, 0.25) is 0 Å². The molecule has 0 bridgehead atoms. The normalized spacial score (nSPS) is 18.6. The molecular weight excluding hydrogens is 169 g/mol. The van der Waals surface area contributed by atoms with Crippen molar-refractivity contribution in [1.29, 1.82) is 0 Å². The fraction of sp³-hybridized carbons (Fsp3) is 0.400. The van der Waals surface area contributed by atoms with Gasteiger partial charge >= 0.3 is 0 Å². The summed E-state index contributed by atoms with van der Waals surface area (Å²) in [6.45, 7) is 0. The van der Waals surface area contributed by atoms with E-state index >= 15 is 0 Å². The standard InChI is InChI=1S/C10H12FNO/c11-8-5-7(3-4-9(8)13)10(12)6-1-2-6/h3-6,10,13H,1-2,12H2/t10-/m0/s1. The van der Waals surface area contributed by atoms with Gasteiger partial charge in [-0.1, -0.05) is 6.07 Å². The number of rotatable bonds is 2. The van der Waals surface area contributed by atoms with Crippen LogP contribution >= 0.6 is 0 Å². The van der Waals surface area contributed by atoms with E-state index in [9.17, 15) is 4.39 Å². The second-order valence-electron chi connectivity index (χ2n) is 3.57. The molecule has 1 aliphatic carbocycles. The number of benzene rings is 1. The Morgan fingerprint density at radius 1 is 1.46 bits per heavy atom. The van der Waals surface area contributed by atoms with Gasteiger partial charge in [-0.25, -0.2) is 4.39 Å². The van der Waals surface area contributed by atoms with Crippen molar-refractivity contribution in [3.05, 3.63) is 29.6 Å². The minimum Gasteiger partial charge on any atom is -0.505 e. The van der Waals surface area contributed by atoms with Gasteiger partial charge in [-0.2, -0.15) is 0 Å². The molecule has 0 saturated heterocycles. The quantitative estimate of drug-likeness (QED) is 0.732. The highest BCUT2D eigenvalue weighted by molar-refractivity contribution is 5.30. The minimum atomic E-state index is -0.589. The van der Waals surface area contributed by atoms with E-state index in [0.29, 0.717) is 5.92 Å². The summed E-state index contributed by atoms with van der Waals surface area (Å²) in [7, 11) is 0. The Morgan fingerprint density at radius 3 is 2.69 bits per heavy atom. The van der Waals surface area contributed by atoms with E-state index in [1.165, 1.54) is 12.1 Å². The summed E-state index contributed by atoms with van der Waals surface area (Å²) < 4.78 is 12.9. The average Bonchev–Trinajstić information content (AvgIpc) is 2.91. The highest BCUT2D eigenvalue weighted by atomic mass is 19.1. The maximum Gasteiger partial charge on any atom is 0.165 e. The van der Waals surface area contributed by atoms with Crippen molar-refractivity contribution in [3.63, 3.8) is 0 Å². The Balaban J connectivity index is 2.24. The molecule has 2 rings (SSSR count). The Bertz CT molecular complexity index is 323. The second kappa shape index (κ2) is 3.00. The van der Waals surface area contributed by atoms with E-state index in [2.05, 4.69) is 0 Å². The predicted molar refractivity (Wildman–Crippen MR) is 47.7 cm³/mol. The fourth-order valence-electron chi connectivity index (χ4n) is 1.46. The van der Waals surface area contributed by atoms with E-state index in [1.807, 2.05) is 0 Å². The van der Waals surface area contributed by atoms with Crippen LogP contribution in [0.15, 0.2) is 18.2 Å². The van der Waals surface area contributed by atoms with Crippen LogP contribution in [0.3, 0.4) is 0 Å². The molecule has 1 aliphatic rings. The highest BCUT2D eigenvalue weighted by Crippen LogP contribution is 2.39. The van der Waals surface area contributed by atoms with Gasteiger partial charge in [-0.05, 0) is 36.5 Å². The van der Waals surface area contributed by atoms with Gasteiger partial charge in [0.15, 0.2) is 11.6 Å². The van der Waals surface area contributed by atoms with Crippen LogP contribution in [-0.4, -0.2) is 5.11 Å². The van der Waals surface area contributed by atoms with E-state index in [1.54, 1.807) is 6.07 Å². The first-order valence-electron chi connectivity index (χ1n) is 4.42. The molecule has 1 fully saturated rings. The number of hydrogen-bond acceptors (Lipinski definition) is 2. The van der Waals surface area contributed by atoms with Crippen molar-refractivity contribution in [1.82, 2.24) is 0 Å². The van der Waals surface area contributed by atoms with Gasteiger partial charge < -0.3 is 10.8 Å². The van der Waals surface area contributed by atoms with Crippen LogP contribution in [0.4, 0.5) is 4.39 Å². The predicted octanol–water partition coefficient (Wildman–Crippen LogP) is 1.94. The third-order valence-electron chi connectivity index (χ3n) is 2.49. The minimum absolute atomic E-state index is 0.0740. The Labute approximate surface area is 76.2 Å². The topological polar surface area (TPSA) is 46.2 Å². The molecule has 70 valence electrons. The third kappa shape index (κ3) is 1.65. The summed E-state index contributed by atoms with van der Waals surface area (Å²) in [6.07, 6.45) is 2.26. The maximum atomic E-state index is 12.9. The first-order valence-corrected chi connectivity index (χ1v) is 4.42. The number of phenols is 1. The van der Waals surface area contributed by atoms with Crippen molar-refractivity contribution in [2.45, 2.75) is 18.9 Å². The Kier molecular flexibility index (Phi) is 1.96. The lowest BCUT2D eigenvalue weighted by molar-refractivity contribution is 0.431. The Morgan fingerprint density at radius 2 is 2.15 bits per heavy atom. The molecule has 0 spiro atoms. The lowest BCUT2D eigenvalue weighted by Crippen LogP contribution is -2.12. The third-order valence-corrected chi connectivity index (χ3v) is 2.49. The molecule has 2 nitrogen and oxygen atoms in total. The zero-order valence-corrected chi connectivity index (χ0v) is 7.20. The molecule has 0 unspecified atom stereocenters. The van der Waals surface area contributed by atoms with Crippen molar-refractivity contribution >= 4 is 0 Å². The van der Waals surface area contributed by atoms with Crippen molar-refractivity contribution < 1.29 is 9.50 Å². The number of hydrogen-bond donors (Lipinski definition) is 2. The Hall–Kier alpha value is -1.09. The van der Waals surface area contributed by atoms with Gasteiger partial charge in [0.2, 0.25) is 0 Å². The molecule has 0 aliphatic heterocycles. The second-order valence-corrected chi connectivity index (χ2v) is 3.57. The SMILES string of the molecule is N[C@H](c1ccc(O)c(F)c1)C1CC1. The number of aromatic hydroxyl groups is 1. The van der Waals surface area contributed by atoms with Crippen LogP contribution in [0, 0.1) is 11.7 Å². The molecule has 0 aromatic heterocycles. The van der Waals surface area contributed by atoms with Gasteiger partial charge in [0.1, 0.15) is 0 Å². The van der Waals surface area contributed by atoms with E-state index in [0.717, 1.165) is 18.4 Å². The van der Waals surface area contributed by atoms with Crippen LogP contribution in [0.1, 0.15) is 24.4 Å². The van der Waals surface area contributed by atoms with Crippen LogP contribution < -0.4 is 5.73 Å². The number of phenolic OH excluding ortho intramolecular Hbond substituents is 1. The lowest BCUT2D eigenvalue weighted by Gasteiger charge is -2.10. The van der Waals surface area contributed by atoms with Crippen molar-refractivity contribution in [2.75, 3.05) is 0 Å². The molecule has 1 atom stereocenters. The average molecular weight is 181 g/mol. The van der Waals surface area contributed by atoms with Crippen LogP contribution in [0.5, 0.6) is 5.75 Å². The first-order chi connectivity index (χ1) is 6.18. The molecule has 0 radical (unpaired) electrons. The summed E-state index contributed by atoms with van der Waals surface area (Å²) in [5.41, 5.74) is 6.65. The molecule has 0 amide bonds. The summed E-state index contributed by atoms with van der Waals surface area (Å²) in [4.78, 5) is 0. The van der Waals surface area contributed by atoms with Crippen molar-refractivity contribution in [2.24, 2.45) is 11.7 Å². The summed E-state index contributed by atoms with van der Waals surface area (Å²) in [5, 5.41) is 8.96. The lowest BCUT2D eigenvalue weighted by atomic mass is 10.0. The van der Waals surface area contributed by atoms with Gasteiger partial charge in [-0.3, -0.25) is 0 Å². The van der Waals surface area contributed by atoms with E-state index < -0.39 is 5.82 Å². The monoisotopic (exact) mass is 181 g/mol. The largest absolute Gasteiger partial charge is 0.505 e. The first kappa shape index (κ1) is 8.51. The van der Waals surface area contributed by atoms with Gasteiger partial charge in [-0.15, -0.1) is 0 Å². The smallest absolute Gasteiger partial charge is 0.165 e. The van der Waals surface area contributed by atoms with Crippen molar-refractivity contribution in [3.8, 4) is 5.75 Å². The van der Waals surface area contributed by atoms with Crippen LogP contribution in [-0.2, 0) is 0 Å². The summed E-state index contributed by atoms with van der Waals surface area (Å²) >= 11 is 0. The number of halogens is 1. The van der Waals surface area contributed by atoms with E-state index in [4.69, 9.17) is 10.8 Å². The maximum absolute atomic E-state index is 12.9. The summed E-state index contributed by atoms with van der Waals surface area (Å²) in [6, 6.07) is 4.28. The van der Waals surface area contributed by atoms with Gasteiger partial charge in [0, 0.05) is 6.04 Å². The fourth-order valence-corrected chi connectivity index (χ4v) is 1.46. The molecule has 0 heterocycles. The molecular formula is C10H12FNO. The summed E-state index contributed by atoms with van der Waals surface area (Å²) in [5.74, 6) is -0.399. The van der Waals surface area contributed by atoms with Gasteiger partial charge in [0.05, 0.1) is 0 Å². The molecule has 1 saturated carbocycles. The molecule has 1 aromatic carbocycles. The molecule has 1 aromatic rings. The molecule has 3 heteroatoms. The molecule has 3 N–H and O–H groups in total.